The average molecular weight is 374 g/mol. The number of aromatic nitrogens is 2. The minimum absolute atomic E-state index is 0.216. The fraction of sp³-hybridized carbons (Fsp3) is 0.450. The first-order chi connectivity index (χ1) is 13.0. The van der Waals surface area contributed by atoms with Gasteiger partial charge < -0.3 is 9.64 Å². The molecule has 27 heavy (non-hydrogen) atoms. The van der Waals surface area contributed by atoms with Gasteiger partial charge in [-0.15, -0.1) is 0 Å². The molecule has 0 N–H and O–H groups in total. The van der Waals surface area contributed by atoms with E-state index >= 15 is 0 Å². The number of ether oxygens (including phenoxy) is 1. The molecule has 3 rings (SSSR count). The molecule has 0 bridgehead atoms. The number of hydrogen-bond donors (Lipinski definition) is 0. The molecule has 3 heterocycles. The van der Waals surface area contributed by atoms with Gasteiger partial charge in [0.25, 0.3) is 0 Å². The molecule has 146 valence electrons. The minimum atomic E-state index is -0.469. The minimum Gasteiger partial charge on any atom is -0.468 e. The Morgan fingerprint density at radius 2 is 1.85 bits per heavy atom. The molecule has 0 unspecified atom stereocenters. The molecule has 1 saturated heterocycles. The van der Waals surface area contributed by atoms with Crippen molar-refractivity contribution in [3.8, 4) is 0 Å². The van der Waals surface area contributed by atoms with Crippen molar-refractivity contribution >= 4 is 11.7 Å². The zero-order chi connectivity index (χ0) is 19.6. The van der Waals surface area contributed by atoms with Crippen molar-refractivity contribution in [2.75, 3.05) is 44.7 Å². The fourth-order valence-electron chi connectivity index (χ4n) is 2.67. The summed E-state index contributed by atoms with van der Waals surface area (Å²) in [4.78, 5) is 23.1. The molecule has 0 aromatic carbocycles. The van der Waals surface area contributed by atoms with E-state index in [9.17, 15) is 9.18 Å². The highest BCUT2D eigenvalue weighted by Gasteiger charge is 2.19. The van der Waals surface area contributed by atoms with E-state index in [1.807, 2.05) is 24.1 Å². The van der Waals surface area contributed by atoms with Crippen molar-refractivity contribution in [2.45, 2.75) is 20.3 Å². The highest BCUT2D eigenvalue weighted by Crippen LogP contribution is 2.15. The Morgan fingerprint density at radius 3 is 2.37 bits per heavy atom. The predicted octanol–water partition coefficient (Wildman–Crippen LogP) is 2.47. The third-order valence-electron chi connectivity index (χ3n) is 4.41. The van der Waals surface area contributed by atoms with E-state index in [1.54, 1.807) is 6.07 Å². The lowest BCUT2D eigenvalue weighted by Crippen LogP contribution is -2.48. The second-order valence-electron chi connectivity index (χ2n) is 6.34. The summed E-state index contributed by atoms with van der Waals surface area (Å²) in [6, 6.07) is 7.23. The number of hydrogen-bond acceptors (Lipinski definition) is 6. The largest absolute Gasteiger partial charge is 0.468 e. The Kier molecular flexibility index (Phi) is 8.13. The number of pyridine rings is 2. The monoisotopic (exact) mass is 374 g/mol. The summed E-state index contributed by atoms with van der Waals surface area (Å²) in [5.41, 5.74) is 3.31. The molecule has 1 aliphatic rings. The van der Waals surface area contributed by atoms with Crippen molar-refractivity contribution < 1.29 is 13.9 Å². The van der Waals surface area contributed by atoms with Crippen LogP contribution in [0.3, 0.4) is 0 Å². The second-order valence-corrected chi connectivity index (χ2v) is 6.34. The number of methoxy groups -OCH3 is 1. The quantitative estimate of drug-likeness (QED) is 0.605. The van der Waals surface area contributed by atoms with E-state index in [2.05, 4.69) is 32.6 Å². The Morgan fingerprint density at radius 1 is 1.11 bits per heavy atom. The number of carbonyl (C=O) groups excluding carboxylic acids is 1. The molecule has 0 atom stereocenters. The summed E-state index contributed by atoms with van der Waals surface area (Å²) in [5, 5.41) is 0. The maximum absolute atomic E-state index is 12.7. The van der Waals surface area contributed by atoms with Crippen molar-refractivity contribution in [2.24, 2.45) is 0 Å². The molecular formula is C20H27FN4O2. The van der Waals surface area contributed by atoms with Gasteiger partial charge in [0, 0.05) is 38.1 Å². The first-order valence-corrected chi connectivity index (χ1v) is 9.09. The van der Waals surface area contributed by atoms with Gasteiger partial charge >= 0.3 is 5.97 Å². The fourth-order valence-corrected chi connectivity index (χ4v) is 2.67. The average Bonchev–Trinajstić information content (AvgIpc) is 2.70. The lowest BCUT2D eigenvalue weighted by molar-refractivity contribution is -0.142. The van der Waals surface area contributed by atoms with Gasteiger partial charge in [-0.25, -0.2) is 4.98 Å². The Bertz CT molecular complexity index is 699. The summed E-state index contributed by atoms with van der Waals surface area (Å²) in [6.07, 6.45) is 4.54. The number of nitrogens with zero attached hydrogens (tertiary/aromatic N) is 4. The van der Waals surface area contributed by atoms with Gasteiger partial charge in [0.1, 0.15) is 0 Å². The third kappa shape index (κ3) is 6.94. The molecule has 0 radical (unpaired) electrons. The summed E-state index contributed by atoms with van der Waals surface area (Å²) in [6.45, 7) is 7.62. The van der Waals surface area contributed by atoms with Crippen LogP contribution in [0.25, 0.3) is 0 Å². The second kappa shape index (κ2) is 10.6. The number of aryl methyl sites for hydroxylation is 2. The van der Waals surface area contributed by atoms with Crippen molar-refractivity contribution in [1.29, 1.82) is 0 Å². The molecule has 0 aliphatic carbocycles. The molecule has 7 heteroatoms. The standard InChI is InChI=1S/C12H16FN3O2.C8H11N/c1-18-12(17)9-15-4-6-16(7-5-15)10-2-3-11(13)14-8-10;1-3-8-5-4-7(2)9-6-8/h2-3,8H,4-7,9H2,1H3;4-6H,3H2,1-2H3. The van der Waals surface area contributed by atoms with Crippen LogP contribution in [-0.2, 0) is 16.0 Å². The van der Waals surface area contributed by atoms with Crippen LogP contribution in [0.2, 0.25) is 0 Å². The molecule has 1 fully saturated rings. The third-order valence-corrected chi connectivity index (χ3v) is 4.41. The molecule has 0 saturated carbocycles. The zero-order valence-corrected chi connectivity index (χ0v) is 16.2. The molecule has 0 amide bonds. The molecule has 2 aromatic heterocycles. The van der Waals surface area contributed by atoms with Gasteiger partial charge in [-0.3, -0.25) is 14.7 Å². The van der Waals surface area contributed by atoms with Crippen LogP contribution < -0.4 is 4.90 Å². The molecule has 6 nitrogen and oxygen atoms in total. The van der Waals surface area contributed by atoms with Gasteiger partial charge in [0.2, 0.25) is 5.95 Å². The normalized spacial score (nSPS) is 14.3. The molecular weight excluding hydrogens is 347 g/mol. The summed E-state index contributed by atoms with van der Waals surface area (Å²) < 4.78 is 17.3. The van der Waals surface area contributed by atoms with E-state index in [0.29, 0.717) is 6.54 Å². The van der Waals surface area contributed by atoms with Crippen LogP contribution in [0.5, 0.6) is 0 Å². The first kappa shape index (κ1) is 20.8. The smallest absolute Gasteiger partial charge is 0.319 e. The zero-order valence-electron chi connectivity index (χ0n) is 16.2. The number of anilines is 1. The van der Waals surface area contributed by atoms with Crippen molar-refractivity contribution in [3.63, 3.8) is 0 Å². The Balaban J connectivity index is 0.000000244. The number of piperazine rings is 1. The number of esters is 1. The number of carbonyl (C=O) groups is 1. The van der Waals surface area contributed by atoms with Gasteiger partial charge in [-0.2, -0.15) is 4.39 Å². The van der Waals surface area contributed by atoms with Crippen molar-refractivity contribution in [1.82, 2.24) is 14.9 Å². The Labute approximate surface area is 160 Å². The lowest BCUT2D eigenvalue weighted by atomic mass is 10.2. The summed E-state index contributed by atoms with van der Waals surface area (Å²) in [5.74, 6) is -0.685. The van der Waals surface area contributed by atoms with Gasteiger partial charge in [-0.05, 0) is 37.1 Å². The predicted molar refractivity (Wildman–Crippen MR) is 103 cm³/mol. The highest BCUT2D eigenvalue weighted by molar-refractivity contribution is 5.71. The van der Waals surface area contributed by atoms with E-state index < -0.39 is 5.95 Å². The topological polar surface area (TPSA) is 58.6 Å². The van der Waals surface area contributed by atoms with E-state index in [4.69, 9.17) is 0 Å². The summed E-state index contributed by atoms with van der Waals surface area (Å²) in [7, 11) is 1.39. The Hall–Kier alpha value is -2.54. The molecule has 1 aliphatic heterocycles. The van der Waals surface area contributed by atoms with Gasteiger partial charge in [0.05, 0.1) is 25.5 Å². The SMILES string of the molecule is CCc1ccc(C)nc1.COC(=O)CN1CCN(c2ccc(F)nc2)CC1. The number of rotatable bonds is 4. The van der Waals surface area contributed by atoms with Crippen LogP contribution in [0.4, 0.5) is 10.1 Å². The van der Waals surface area contributed by atoms with Crippen LogP contribution in [0.15, 0.2) is 36.7 Å². The van der Waals surface area contributed by atoms with E-state index in [1.165, 1.54) is 24.9 Å². The molecule has 0 spiro atoms. The maximum Gasteiger partial charge on any atom is 0.319 e. The van der Waals surface area contributed by atoms with Gasteiger partial charge in [-0.1, -0.05) is 13.0 Å². The summed E-state index contributed by atoms with van der Waals surface area (Å²) >= 11 is 0. The van der Waals surface area contributed by atoms with Gasteiger partial charge in [0.15, 0.2) is 0 Å². The van der Waals surface area contributed by atoms with Crippen LogP contribution in [0.1, 0.15) is 18.2 Å². The van der Waals surface area contributed by atoms with Crippen molar-refractivity contribution in [3.05, 3.63) is 53.9 Å². The number of halogens is 1. The lowest BCUT2D eigenvalue weighted by Gasteiger charge is -2.35. The van der Waals surface area contributed by atoms with E-state index in [-0.39, 0.29) is 5.97 Å². The maximum atomic E-state index is 12.7. The van der Waals surface area contributed by atoms with Crippen LogP contribution in [-0.4, -0.2) is 60.7 Å². The van der Waals surface area contributed by atoms with E-state index in [0.717, 1.165) is 44.0 Å². The van der Waals surface area contributed by atoms with Crippen LogP contribution in [0, 0.1) is 12.9 Å². The first-order valence-electron chi connectivity index (χ1n) is 9.09. The molecule has 2 aromatic rings. The highest BCUT2D eigenvalue weighted by atomic mass is 19.1. The van der Waals surface area contributed by atoms with Crippen LogP contribution >= 0.6 is 0 Å².